The average molecular weight is 374 g/mol. The molecule has 1 atom stereocenters. The maximum Gasteiger partial charge on any atom is 0.338 e. The van der Waals surface area contributed by atoms with Gasteiger partial charge in [-0.05, 0) is 55.7 Å². The van der Waals surface area contributed by atoms with Crippen LogP contribution in [0.25, 0.3) is 0 Å². The molecule has 0 spiro atoms. The van der Waals surface area contributed by atoms with E-state index in [-0.39, 0.29) is 11.9 Å². The van der Waals surface area contributed by atoms with Crippen molar-refractivity contribution in [1.82, 2.24) is 0 Å². The van der Waals surface area contributed by atoms with E-state index in [1.165, 1.54) is 7.11 Å². The van der Waals surface area contributed by atoms with Crippen LogP contribution in [0.3, 0.4) is 0 Å². The minimum Gasteiger partial charge on any atom is -0.481 e. The number of esters is 1. The first-order valence-corrected chi connectivity index (χ1v) is 8.83. The van der Waals surface area contributed by atoms with E-state index in [0.29, 0.717) is 22.9 Å². The summed E-state index contributed by atoms with van der Waals surface area (Å²) in [5.41, 5.74) is 2.09. The smallest absolute Gasteiger partial charge is 0.338 e. The number of amides is 1. The van der Waals surface area contributed by atoms with Crippen LogP contribution < -0.4 is 9.64 Å². The van der Waals surface area contributed by atoms with Gasteiger partial charge in [0.25, 0.3) is 5.91 Å². The number of rotatable bonds is 4. The first-order chi connectivity index (χ1) is 12.5. The average Bonchev–Trinajstić information content (AvgIpc) is 2.65. The molecule has 0 aromatic heterocycles. The fraction of sp³-hybridized carbons (Fsp3) is 0.300. The predicted molar refractivity (Wildman–Crippen MR) is 100.0 cm³/mol. The Labute approximate surface area is 157 Å². The van der Waals surface area contributed by atoms with Gasteiger partial charge >= 0.3 is 5.97 Å². The van der Waals surface area contributed by atoms with Crippen molar-refractivity contribution in [2.45, 2.75) is 25.9 Å². The van der Waals surface area contributed by atoms with Crippen LogP contribution >= 0.6 is 11.6 Å². The van der Waals surface area contributed by atoms with Crippen LogP contribution in [0.15, 0.2) is 42.5 Å². The van der Waals surface area contributed by atoms with Crippen molar-refractivity contribution < 1.29 is 19.1 Å². The third-order valence-electron chi connectivity index (χ3n) is 4.38. The Morgan fingerprint density at radius 3 is 2.69 bits per heavy atom. The molecule has 0 fully saturated rings. The van der Waals surface area contributed by atoms with Crippen molar-refractivity contribution in [3.8, 4) is 5.75 Å². The van der Waals surface area contributed by atoms with Gasteiger partial charge in [-0.2, -0.15) is 0 Å². The molecule has 1 amide bonds. The summed E-state index contributed by atoms with van der Waals surface area (Å²) >= 11 is 5.97. The van der Waals surface area contributed by atoms with Crippen molar-refractivity contribution in [1.29, 1.82) is 0 Å². The standard InChI is InChI=1S/C20H20ClNO4/c1-13(26-15-7-3-6-14(21)12-15)19(23)22-11-5-9-16-17(20(24)25-2)8-4-10-18(16)22/h3-4,6-8,10,12-13H,5,9,11H2,1-2H3. The number of halogens is 1. The fourth-order valence-corrected chi connectivity index (χ4v) is 3.35. The summed E-state index contributed by atoms with van der Waals surface area (Å²) in [7, 11) is 1.36. The van der Waals surface area contributed by atoms with Crippen molar-refractivity contribution in [2.75, 3.05) is 18.6 Å². The van der Waals surface area contributed by atoms with Crippen LogP contribution in [0.1, 0.15) is 29.3 Å². The molecule has 0 saturated heterocycles. The molecule has 0 radical (unpaired) electrons. The summed E-state index contributed by atoms with van der Waals surface area (Å²) in [4.78, 5) is 26.6. The number of methoxy groups -OCH3 is 1. The Balaban J connectivity index is 1.84. The highest BCUT2D eigenvalue weighted by atomic mass is 35.5. The fourth-order valence-electron chi connectivity index (χ4n) is 3.17. The van der Waals surface area contributed by atoms with E-state index in [1.54, 1.807) is 48.2 Å². The Morgan fingerprint density at radius 2 is 1.96 bits per heavy atom. The second-order valence-electron chi connectivity index (χ2n) is 6.11. The van der Waals surface area contributed by atoms with Gasteiger partial charge in [0.1, 0.15) is 5.75 Å². The summed E-state index contributed by atoms with van der Waals surface area (Å²) in [6, 6.07) is 12.3. The largest absolute Gasteiger partial charge is 0.481 e. The van der Waals surface area contributed by atoms with Gasteiger partial charge < -0.3 is 14.4 Å². The molecule has 0 N–H and O–H groups in total. The van der Waals surface area contributed by atoms with Gasteiger partial charge in [0.2, 0.25) is 0 Å². The van der Waals surface area contributed by atoms with E-state index in [2.05, 4.69) is 0 Å². The number of hydrogen-bond acceptors (Lipinski definition) is 4. The molecule has 0 bridgehead atoms. The molecule has 1 unspecified atom stereocenters. The predicted octanol–water partition coefficient (Wildman–Crippen LogP) is 3.87. The Hall–Kier alpha value is -2.53. The summed E-state index contributed by atoms with van der Waals surface area (Å²) in [6.45, 7) is 2.29. The molecule has 1 aliphatic rings. The zero-order chi connectivity index (χ0) is 18.7. The monoisotopic (exact) mass is 373 g/mol. The maximum absolute atomic E-state index is 13.0. The van der Waals surface area contributed by atoms with E-state index in [4.69, 9.17) is 21.1 Å². The summed E-state index contributed by atoms with van der Waals surface area (Å²) in [5, 5.41) is 0.549. The van der Waals surface area contributed by atoms with Crippen molar-refractivity contribution in [3.63, 3.8) is 0 Å². The van der Waals surface area contributed by atoms with Gasteiger partial charge in [0.05, 0.1) is 12.7 Å². The maximum atomic E-state index is 13.0. The van der Waals surface area contributed by atoms with E-state index in [1.807, 2.05) is 6.07 Å². The van der Waals surface area contributed by atoms with Gasteiger partial charge in [-0.3, -0.25) is 4.79 Å². The molecule has 26 heavy (non-hydrogen) atoms. The van der Waals surface area contributed by atoms with Crippen molar-refractivity contribution >= 4 is 29.2 Å². The zero-order valence-corrected chi connectivity index (χ0v) is 15.5. The summed E-state index contributed by atoms with van der Waals surface area (Å²) in [6.07, 6.45) is 0.825. The van der Waals surface area contributed by atoms with Crippen molar-refractivity contribution in [3.05, 3.63) is 58.6 Å². The van der Waals surface area contributed by atoms with Gasteiger partial charge in [-0.1, -0.05) is 23.7 Å². The highest BCUT2D eigenvalue weighted by Crippen LogP contribution is 2.31. The first-order valence-electron chi connectivity index (χ1n) is 8.45. The van der Waals surface area contributed by atoms with E-state index >= 15 is 0 Å². The summed E-state index contributed by atoms with van der Waals surface area (Å²) in [5.74, 6) is -0.00814. The molecule has 0 aliphatic carbocycles. The molecule has 2 aromatic carbocycles. The molecule has 6 heteroatoms. The van der Waals surface area contributed by atoms with Gasteiger partial charge in [0.15, 0.2) is 6.10 Å². The molecule has 1 aliphatic heterocycles. The van der Waals surface area contributed by atoms with Crippen molar-refractivity contribution in [2.24, 2.45) is 0 Å². The molecular formula is C20H20ClNO4. The highest BCUT2D eigenvalue weighted by Gasteiger charge is 2.29. The SMILES string of the molecule is COC(=O)c1cccc2c1CCCN2C(=O)C(C)Oc1cccc(Cl)c1. The van der Waals surface area contributed by atoms with Crippen LogP contribution in [0.4, 0.5) is 5.69 Å². The molecule has 1 heterocycles. The quantitative estimate of drug-likeness (QED) is 0.763. The Morgan fingerprint density at radius 1 is 1.19 bits per heavy atom. The lowest BCUT2D eigenvalue weighted by molar-refractivity contribution is -0.124. The molecule has 3 rings (SSSR count). The second-order valence-corrected chi connectivity index (χ2v) is 6.54. The van der Waals surface area contributed by atoms with E-state index in [0.717, 1.165) is 24.1 Å². The number of benzene rings is 2. The molecule has 5 nitrogen and oxygen atoms in total. The van der Waals surface area contributed by atoms with Gasteiger partial charge in [-0.25, -0.2) is 4.79 Å². The molecule has 2 aromatic rings. The lowest BCUT2D eigenvalue weighted by Crippen LogP contribution is -2.43. The zero-order valence-electron chi connectivity index (χ0n) is 14.7. The Kier molecular flexibility index (Phi) is 5.47. The minimum absolute atomic E-state index is 0.159. The number of carbonyl (C=O) groups is 2. The number of fused-ring (bicyclic) bond motifs is 1. The van der Waals surface area contributed by atoms with E-state index < -0.39 is 6.10 Å². The van der Waals surface area contributed by atoms with Crippen LogP contribution in [-0.4, -0.2) is 31.6 Å². The lowest BCUT2D eigenvalue weighted by atomic mass is 9.96. The van der Waals surface area contributed by atoms with Crippen LogP contribution in [0, 0.1) is 0 Å². The molecule has 0 saturated carbocycles. The first kappa shape index (κ1) is 18.3. The molecule has 136 valence electrons. The minimum atomic E-state index is -0.679. The Bertz CT molecular complexity index is 836. The van der Waals surface area contributed by atoms with Gasteiger partial charge in [0, 0.05) is 17.3 Å². The third-order valence-corrected chi connectivity index (χ3v) is 4.61. The number of ether oxygens (including phenoxy) is 2. The number of hydrogen-bond donors (Lipinski definition) is 0. The topological polar surface area (TPSA) is 55.8 Å². The number of carbonyl (C=O) groups excluding carboxylic acids is 2. The van der Waals surface area contributed by atoms with Crippen LogP contribution in [-0.2, 0) is 16.0 Å². The van der Waals surface area contributed by atoms with Crippen LogP contribution in [0.5, 0.6) is 5.75 Å². The highest BCUT2D eigenvalue weighted by molar-refractivity contribution is 6.30. The number of anilines is 1. The second kappa shape index (κ2) is 7.79. The van der Waals surface area contributed by atoms with E-state index in [9.17, 15) is 9.59 Å². The van der Waals surface area contributed by atoms with Gasteiger partial charge in [-0.15, -0.1) is 0 Å². The third kappa shape index (κ3) is 3.68. The number of nitrogens with zero attached hydrogens (tertiary/aromatic N) is 1. The normalized spacial score (nSPS) is 14.3. The summed E-state index contributed by atoms with van der Waals surface area (Å²) < 4.78 is 10.6. The molecular weight excluding hydrogens is 354 g/mol. The lowest BCUT2D eigenvalue weighted by Gasteiger charge is -2.32. The van der Waals surface area contributed by atoms with Crippen LogP contribution in [0.2, 0.25) is 5.02 Å².